The van der Waals surface area contributed by atoms with E-state index in [0.29, 0.717) is 56.6 Å². The Hall–Kier alpha value is -3.24. The number of ether oxygens (including phenoxy) is 1. The highest BCUT2D eigenvalue weighted by Crippen LogP contribution is 2.24. The maximum Gasteiger partial charge on any atom is 0.272 e. The van der Waals surface area contributed by atoms with E-state index in [1.54, 1.807) is 23.2 Å². The number of carbonyl (C=O) groups excluding carboxylic acids is 2. The van der Waals surface area contributed by atoms with Crippen molar-refractivity contribution in [1.29, 1.82) is 0 Å². The van der Waals surface area contributed by atoms with Gasteiger partial charge in [-0.1, -0.05) is 0 Å². The minimum atomic E-state index is -0.288. The second kappa shape index (κ2) is 12.1. The largest absolute Gasteiger partial charge is 0.394 e. The maximum absolute atomic E-state index is 12.9. The molecule has 0 aromatic carbocycles. The first-order valence-corrected chi connectivity index (χ1v) is 11.2. The molecule has 2 aromatic heterocycles. The Balaban J connectivity index is 1.52. The zero-order valence-corrected chi connectivity index (χ0v) is 19.2. The molecule has 3 rings (SSSR count). The monoisotopic (exact) mass is 456 g/mol. The molecule has 1 aliphatic rings. The molecule has 178 valence electrons. The van der Waals surface area contributed by atoms with Crippen LogP contribution < -0.4 is 15.5 Å². The third-order valence-electron chi connectivity index (χ3n) is 5.11. The van der Waals surface area contributed by atoms with Crippen LogP contribution in [0.3, 0.4) is 0 Å². The number of nitrogens with one attached hydrogen (secondary N) is 2. The van der Waals surface area contributed by atoms with Gasteiger partial charge in [0.25, 0.3) is 11.8 Å². The van der Waals surface area contributed by atoms with Gasteiger partial charge in [-0.05, 0) is 38.1 Å². The average Bonchev–Trinajstić information content (AvgIpc) is 2.83. The van der Waals surface area contributed by atoms with Gasteiger partial charge < -0.3 is 30.3 Å². The fourth-order valence-corrected chi connectivity index (χ4v) is 3.52. The Kier molecular flexibility index (Phi) is 8.96. The van der Waals surface area contributed by atoms with Gasteiger partial charge in [0.2, 0.25) is 0 Å². The summed E-state index contributed by atoms with van der Waals surface area (Å²) in [4.78, 5) is 37.7. The number of hydrogen-bond donors (Lipinski definition) is 3. The number of rotatable bonds is 10. The van der Waals surface area contributed by atoms with Crippen LogP contribution in [0.2, 0.25) is 0 Å². The smallest absolute Gasteiger partial charge is 0.272 e. The van der Waals surface area contributed by atoms with Gasteiger partial charge in [0.05, 0.1) is 31.1 Å². The minimum Gasteiger partial charge on any atom is -0.394 e. The minimum absolute atomic E-state index is 0.0536. The Morgan fingerprint density at radius 1 is 1.12 bits per heavy atom. The molecule has 1 aliphatic heterocycles. The van der Waals surface area contributed by atoms with Gasteiger partial charge in [-0.2, -0.15) is 0 Å². The second-order valence-electron chi connectivity index (χ2n) is 7.98. The molecule has 1 saturated heterocycles. The Morgan fingerprint density at radius 3 is 2.58 bits per heavy atom. The van der Waals surface area contributed by atoms with Crippen molar-refractivity contribution in [2.75, 3.05) is 62.8 Å². The maximum atomic E-state index is 12.9. The molecule has 0 atom stereocenters. The SMILES string of the molecule is CC(C)Nc1cccnc1N1CCN(C(=O)c2ccc(C(=O)NCCOCCO)cn2)CC1. The molecule has 10 nitrogen and oxygen atoms in total. The van der Waals surface area contributed by atoms with E-state index >= 15 is 0 Å². The molecule has 33 heavy (non-hydrogen) atoms. The lowest BCUT2D eigenvalue weighted by Crippen LogP contribution is -2.49. The van der Waals surface area contributed by atoms with Crippen molar-refractivity contribution in [3.05, 3.63) is 47.9 Å². The molecule has 0 spiro atoms. The molecule has 0 aliphatic carbocycles. The third kappa shape index (κ3) is 6.87. The lowest BCUT2D eigenvalue weighted by atomic mass is 10.2. The number of nitrogens with zero attached hydrogens (tertiary/aromatic N) is 4. The van der Waals surface area contributed by atoms with Crippen LogP contribution >= 0.6 is 0 Å². The molecule has 10 heteroatoms. The van der Waals surface area contributed by atoms with E-state index in [0.717, 1.165) is 11.5 Å². The lowest BCUT2D eigenvalue weighted by Gasteiger charge is -2.36. The van der Waals surface area contributed by atoms with Crippen molar-refractivity contribution in [2.45, 2.75) is 19.9 Å². The van der Waals surface area contributed by atoms with Crippen LogP contribution in [-0.2, 0) is 4.74 Å². The average molecular weight is 457 g/mol. The Labute approximate surface area is 194 Å². The molecule has 0 radical (unpaired) electrons. The van der Waals surface area contributed by atoms with Crippen molar-refractivity contribution >= 4 is 23.3 Å². The normalized spacial score (nSPS) is 13.8. The van der Waals surface area contributed by atoms with E-state index in [-0.39, 0.29) is 25.0 Å². The summed E-state index contributed by atoms with van der Waals surface area (Å²) in [5.74, 6) is 0.456. The lowest BCUT2D eigenvalue weighted by molar-refractivity contribution is 0.0739. The predicted molar refractivity (Wildman–Crippen MR) is 126 cm³/mol. The summed E-state index contributed by atoms with van der Waals surface area (Å²) in [7, 11) is 0. The molecular formula is C23H32N6O4. The number of carbonyl (C=O) groups is 2. The first-order valence-electron chi connectivity index (χ1n) is 11.2. The standard InChI is InChI=1S/C23H32N6O4/c1-17(2)27-19-4-3-7-24-21(19)28-9-11-29(12-10-28)23(32)20-6-5-18(16-26-20)22(31)25-8-14-33-15-13-30/h3-7,16-17,27,30H,8-15H2,1-2H3,(H,25,31). The van der Waals surface area contributed by atoms with E-state index in [1.807, 2.05) is 12.1 Å². The van der Waals surface area contributed by atoms with Crippen molar-refractivity contribution < 1.29 is 19.4 Å². The topological polar surface area (TPSA) is 120 Å². The summed E-state index contributed by atoms with van der Waals surface area (Å²) in [5.41, 5.74) is 1.67. The fourth-order valence-electron chi connectivity index (χ4n) is 3.52. The summed E-state index contributed by atoms with van der Waals surface area (Å²) in [6.07, 6.45) is 3.19. The van der Waals surface area contributed by atoms with Crippen LogP contribution in [0.15, 0.2) is 36.7 Å². The summed E-state index contributed by atoms with van der Waals surface area (Å²) in [5, 5.41) is 14.8. The highest BCUT2D eigenvalue weighted by Gasteiger charge is 2.25. The quantitative estimate of drug-likeness (QED) is 0.453. The molecule has 2 aromatic rings. The summed E-state index contributed by atoms with van der Waals surface area (Å²) in [6.45, 7) is 7.48. The first-order chi connectivity index (χ1) is 16.0. The predicted octanol–water partition coefficient (Wildman–Crippen LogP) is 0.998. The number of anilines is 2. The van der Waals surface area contributed by atoms with Crippen LogP contribution in [-0.4, -0.2) is 90.4 Å². The van der Waals surface area contributed by atoms with Crippen LogP contribution in [0.4, 0.5) is 11.5 Å². The fraction of sp³-hybridized carbons (Fsp3) is 0.478. The van der Waals surface area contributed by atoms with Crippen molar-refractivity contribution in [2.24, 2.45) is 0 Å². The molecule has 0 saturated carbocycles. The van der Waals surface area contributed by atoms with E-state index in [1.165, 1.54) is 6.20 Å². The summed E-state index contributed by atoms with van der Waals surface area (Å²) >= 11 is 0. The molecule has 3 heterocycles. The van der Waals surface area contributed by atoms with Crippen LogP contribution in [0.5, 0.6) is 0 Å². The van der Waals surface area contributed by atoms with Gasteiger partial charge in [-0.3, -0.25) is 14.6 Å². The molecule has 3 N–H and O–H groups in total. The Bertz CT molecular complexity index is 913. The molecular weight excluding hydrogens is 424 g/mol. The van der Waals surface area contributed by atoms with Gasteiger partial charge in [0, 0.05) is 51.2 Å². The van der Waals surface area contributed by atoms with E-state index < -0.39 is 0 Å². The number of aromatic nitrogens is 2. The van der Waals surface area contributed by atoms with Gasteiger partial charge in [-0.25, -0.2) is 4.98 Å². The van der Waals surface area contributed by atoms with Crippen LogP contribution in [0.1, 0.15) is 34.7 Å². The summed E-state index contributed by atoms with van der Waals surface area (Å²) in [6, 6.07) is 7.40. The highest BCUT2D eigenvalue weighted by molar-refractivity contribution is 5.96. The van der Waals surface area contributed by atoms with Crippen LogP contribution in [0, 0.1) is 0 Å². The van der Waals surface area contributed by atoms with Crippen LogP contribution in [0.25, 0.3) is 0 Å². The third-order valence-corrected chi connectivity index (χ3v) is 5.11. The number of aliphatic hydroxyl groups is 1. The van der Waals surface area contributed by atoms with Gasteiger partial charge in [-0.15, -0.1) is 0 Å². The number of piperazine rings is 1. The van der Waals surface area contributed by atoms with Crippen molar-refractivity contribution in [3.8, 4) is 0 Å². The summed E-state index contributed by atoms with van der Waals surface area (Å²) < 4.78 is 5.10. The zero-order chi connectivity index (χ0) is 23.6. The number of aliphatic hydroxyl groups excluding tert-OH is 1. The van der Waals surface area contributed by atoms with Gasteiger partial charge in [0.15, 0.2) is 5.82 Å². The van der Waals surface area contributed by atoms with Gasteiger partial charge in [0.1, 0.15) is 5.69 Å². The zero-order valence-electron chi connectivity index (χ0n) is 19.2. The van der Waals surface area contributed by atoms with Gasteiger partial charge >= 0.3 is 0 Å². The van der Waals surface area contributed by atoms with Crippen molar-refractivity contribution in [1.82, 2.24) is 20.2 Å². The molecule has 2 amide bonds. The van der Waals surface area contributed by atoms with Crippen molar-refractivity contribution in [3.63, 3.8) is 0 Å². The molecule has 1 fully saturated rings. The number of amides is 2. The van der Waals surface area contributed by atoms with E-state index in [9.17, 15) is 9.59 Å². The number of pyridine rings is 2. The first kappa shape index (κ1) is 24.4. The number of hydrogen-bond acceptors (Lipinski definition) is 8. The highest BCUT2D eigenvalue weighted by atomic mass is 16.5. The molecule has 0 bridgehead atoms. The Morgan fingerprint density at radius 2 is 1.91 bits per heavy atom. The second-order valence-corrected chi connectivity index (χ2v) is 7.98. The van der Waals surface area contributed by atoms with E-state index in [2.05, 4.69) is 39.3 Å². The molecule has 0 unspecified atom stereocenters. The van der Waals surface area contributed by atoms with E-state index in [4.69, 9.17) is 9.84 Å².